The first-order valence-corrected chi connectivity index (χ1v) is 6.46. The fourth-order valence-corrected chi connectivity index (χ4v) is 2.97. The SMILES string of the molecule is CC1CCCC(n2cnc3cc(F)c(F)cc32)C1. The number of halogens is 2. The fraction of sp³-hybridized carbons (Fsp3) is 0.500. The first-order valence-electron chi connectivity index (χ1n) is 6.46. The van der Waals surface area contributed by atoms with Gasteiger partial charge in [0.25, 0.3) is 0 Å². The molecule has 4 heteroatoms. The van der Waals surface area contributed by atoms with E-state index in [0.29, 0.717) is 23.0 Å². The monoisotopic (exact) mass is 250 g/mol. The van der Waals surface area contributed by atoms with Crippen LogP contribution in [0.2, 0.25) is 0 Å². The minimum atomic E-state index is -0.829. The molecular formula is C14H16F2N2. The van der Waals surface area contributed by atoms with E-state index in [4.69, 9.17) is 0 Å². The highest BCUT2D eigenvalue weighted by Gasteiger charge is 2.22. The molecule has 1 fully saturated rings. The van der Waals surface area contributed by atoms with Crippen LogP contribution in [0.5, 0.6) is 0 Å². The van der Waals surface area contributed by atoms with Gasteiger partial charge in [0.15, 0.2) is 11.6 Å². The quantitative estimate of drug-likeness (QED) is 0.746. The summed E-state index contributed by atoms with van der Waals surface area (Å²) in [5.41, 5.74) is 1.24. The van der Waals surface area contributed by atoms with Crippen LogP contribution in [0.15, 0.2) is 18.5 Å². The number of benzene rings is 1. The zero-order chi connectivity index (χ0) is 12.7. The topological polar surface area (TPSA) is 17.8 Å². The van der Waals surface area contributed by atoms with Crippen LogP contribution < -0.4 is 0 Å². The lowest BCUT2D eigenvalue weighted by Crippen LogP contribution is -2.17. The van der Waals surface area contributed by atoms with Crippen molar-refractivity contribution in [1.29, 1.82) is 0 Å². The zero-order valence-corrected chi connectivity index (χ0v) is 10.4. The molecule has 1 saturated carbocycles. The number of aromatic nitrogens is 2. The first kappa shape index (κ1) is 11.6. The molecule has 0 aliphatic heterocycles. The van der Waals surface area contributed by atoms with Gasteiger partial charge in [0.2, 0.25) is 0 Å². The van der Waals surface area contributed by atoms with Gasteiger partial charge in [0.05, 0.1) is 17.4 Å². The van der Waals surface area contributed by atoms with Crippen molar-refractivity contribution in [3.05, 3.63) is 30.1 Å². The third-order valence-electron chi connectivity index (χ3n) is 3.92. The van der Waals surface area contributed by atoms with E-state index >= 15 is 0 Å². The molecule has 1 aromatic heterocycles. The molecule has 0 spiro atoms. The molecule has 0 amide bonds. The van der Waals surface area contributed by atoms with Crippen molar-refractivity contribution < 1.29 is 8.78 Å². The van der Waals surface area contributed by atoms with Gasteiger partial charge >= 0.3 is 0 Å². The molecule has 3 rings (SSSR count). The minimum absolute atomic E-state index is 0.364. The molecule has 0 saturated heterocycles. The molecule has 2 unspecified atom stereocenters. The average Bonchev–Trinajstić information content (AvgIpc) is 2.73. The summed E-state index contributed by atoms with van der Waals surface area (Å²) in [6.45, 7) is 2.24. The Bertz CT molecular complexity index is 576. The number of imidazole rings is 1. The van der Waals surface area contributed by atoms with Gasteiger partial charge in [-0.1, -0.05) is 19.8 Å². The summed E-state index contributed by atoms with van der Waals surface area (Å²) in [6.07, 6.45) is 6.34. The van der Waals surface area contributed by atoms with Gasteiger partial charge in [-0.25, -0.2) is 13.8 Å². The summed E-state index contributed by atoms with van der Waals surface area (Å²) in [5.74, 6) is -0.940. The molecule has 0 bridgehead atoms. The van der Waals surface area contributed by atoms with Crippen molar-refractivity contribution >= 4 is 11.0 Å². The molecular weight excluding hydrogens is 234 g/mol. The van der Waals surface area contributed by atoms with Gasteiger partial charge in [-0.05, 0) is 18.8 Å². The van der Waals surface area contributed by atoms with Crippen LogP contribution in [0.25, 0.3) is 11.0 Å². The lowest BCUT2D eigenvalue weighted by molar-refractivity contribution is 0.286. The maximum absolute atomic E-state index is 13.3. The maximum Gasteiger partial charge on any atom is 0.161 e. The number of hydrogen-bond acceptors (Lipinski definition) is 1. The summed E-state index contributed by atoms with van der Waals surface area (Å²) in [7, 11) is 0. The molecule has 0 radical (unpaired) electrons. The van der Waals surface area contributed by atoms with E-state index in [9.17, 15) is 8.78 Å². The highest BCUT2D eigenvalue weighted by Crippen LogP contribution is 2.34. The Balaban J connectivity index is 2.04. The number of nitrogens with zero attached hydrogens (tertiary/aromatic N) is 2. The van der Waals surface area contributed by atoms with Crippen molar-refractivity contribution in [3.63, 3.8) is 0 Å². The summed E-state index contributed by atoms with van der Waals surface area (Å²) in [5, 5.41) is 0. The Morgan fingerprint density at radius 1 is 1.22 bits per heavy atom. The maximum atomic E-state index is 13.3. The van der Waals surface area contributed by atoms with E-state index in [0.717, 1.165) is 12.8 Å². The van der Waals surface area contributed by atoms with Crippen LogP contribution in [0.1, 0.15) is 38.6 Å². The van der Waals surface area contributed by atoms with Crippen LogP contribution in [-0.4, -0.2) is 9.55 Å². The third kappa shape index (κ3) is 1.89. The molecule has 1 aliphatic rings. The van der Waals surface area contributed by atoms with Crippen molar-refractivity contribution in [3.8, 4) is 0 Å². The third-order valence-corrected chi connectivity index (χ3v) is 3.92. The molecule has 1 aromatic carbocycles. The van der Waals surface area contributed by atoms with Crippen LogP contribution in [0.4, 0.5) is 8.78 Å². The molecule has 96 valence electrons. The van der Waals surface area contributed by atoms with Gasteiger partial charge in [-0.2, -0.15) is 0 Å². The second kappa shape index (κ2) is 4.34. The Hall–Kier alpha value is -1.45. The Morgan fingerprint density at radius 2 is 2.00 bits per heavy atom. The predicted molar refractivity (Wildman–Crippen MR) is 66.3 cm³/mol. The largest absolute Gasteiger partial charge is 0.327 e. The van der Waals surface area contributed by atoms with Crippen molar-refractivity contribution in [1.82, 2.24) is 9.55 Å². The lowest BCUT2D eigenvalue weighted by Gasteiger charge is -2.28. The lowest BCUT2D eigenvalue weighted by atomic mass is 9.87. The van der Waals surface area contributed by atoms with Crippen LogP contribution in [-0.2, 0) is 0 Å². The van der Waals surface area contributed by atoms with E-state index in [1.807, 2.05) is 4.57 Å². The Morgan fingerprint density at radius 3 is 2.78 bits per heavy atom. The molecule has 18 heavy (non-hydrogen) atoms. The summed E-state index contributed by atoms with van der Waals surface area (Å²) < 4.78 is 28.5. The van der Waals surface area contributed by atoms with Gasteiger partial charge < -0.3 is 4.57 Å². The van der Waals surface area contributed by atoms with Crippen LogP contribution in [0, 0.1) is 17.6 Å². The normalized spacial score (nSPS) is 24.6. The van der Waals surface area contributed by atoms with E-state index in [-0.39, 0.29) is 0 Å². The van der Waals surface area contributed by atoms with Crippen molar-refractivity contribution in [2.45, 2.75) is 38.6 Å². The molecule has 2 nitrogen and oxygen atoms in total. The molecule has 1 heterocycles. The first-order chi connectivity index (χ1) is 8.65. The standard InChI is InChI=1S/C14H16F2N2/c1-9-3-2-4-10(5-9)18-8-17-13-6-11(15)12(16)7-14(13)18/h6-10H,2-5H2,1H3. The number of rotatable bonds is 1. The summed E-state index contributed by atoms with van der Waals surface area (Å²) in [6, 6.07) is 2.80. The average molecular weight is 250 g/mol. The van der Waals surface area contributed by atoms with Gasteiger partial charge in [-0.15, -0.1) is 0 Å². The molecule has 2 aromatic rings. The second-order valence-corrected chi connectivity index (χ2v) is 5.33. The number of hydrogen-bond donors (Lipinski definition) is 0. The smallest absolute Gasteiger partial charge is 0.161 e. The highest BCUT2D eigenvalue weighted by atomic mass is 19.2. The summed E-state index contributed by atoms with van der Waals surface area (Å²) >= 11 is 0. The second-order valence-electron chi connectivity index (χ2n) is 5.33. The molecule has 0 N–H and O–H groups in total. The summed E-state index contributed by atoms with van der Waals surface area (Å²) in [4.78, 5) is 4.18. The predicted octanol–water partition coefficient (Wildman–Crippen LogP) is 4.07. The van der Waals surface area contributed by atoms with Crippen molar-refractivity contribution in [2.24, 2.45) is 5.92 Å². The van der Waals surface area contributed by atoms with Crippen LogP contribution >= 0.6 is 0 Å². The number of fused-ring (bicyclic) bond motifs is 1. The fourth-order valence-electron chi connectivity index (χ4n) is 2.97. The van der Waals surface area contributed by atoms with E-state index in [1.165, 1.54) is 25.0 Å². The molecule has 1 aliphatic carbocycles. The van der Waals surface area contributed by atoms with E-state index in [1.54, 1.807) is 6.33 Å². The minimum Gasteiger partial charge on any atom is -0.327 e. The zero-order valence-electron chi connectivity index (χ0n) is 10.4. The van der Waals surface area contributed by atoms with Gasteiger partial charge in [0.1, 0.15) is 0 Å². The van der Waals surface area contributed by atoms with E-state index < -0.39 is 11.6 Å². The van der Waals surface area contributed by atoms with Crippen molar-refractivity contribution in [2.75, 3.05) is 0 Å². The van der Waals surface area contributed by atoms with Gasteiger partial charge in [0, 0.05) is 18.2 Å². The molecule has 2 atom stereocenters. The highest BCUT2D eigenvalue weighted by molar-refractivity contribution is 5.75. The Labute approximate surface area is 105 Å². The van der Waals surface area contributed by atoms with E-state index in [2.05, 4.69) is 11.9 Å². The Kier molecular flexibility index (Phi) is 2.80. The van der Waals surface area contributed by atoms with Gasteiger partial charge in [-0.3, -0.25) is 0 Å². The van der Waals surface area contributed by atoms with Crippen LogP contribution in [0.3, 0.4) is 0 Å².